The van der Waals surface area contributed by atoms with Gasteiger partial charge < -0.3 is 5.32 Å². The fourth-order valence-corrected chi connectivity index (χ4v) is 1.80. The summed E-state index contributed by atoms with van der Waals surface area (Å²) < 4.78 is 2.89. The van der Waals surface area contributed by atoms with Crippen molar-refractivity contribution >= 4 is 12.8 Å². The third-order valence-corrected chi connectivity index (χ3v) is 2.58. The first-order valence-electron chi connectivity index (χ1n) is 4.51. The lowest BCUT2D eigenvalue weighted by atomic mass is 9.93. The number of thiol groups is 1. The Morgan fingerprint density at radius 1 is 1.36 bits per heavy atom. The Morgan fingerprint density at radius 2 is 2.09 bits per heavy atom. The number of hydrogen-bond acceptors (Lipinski definition) is 3. The standard InChI is InChI=1S/C8H18N2S/c11-10-5-1-2-8-3-6-9-7-4-8/h8-11H,1-7H2. The minimum absolute atomic E-state index is 0.970. The highest BCUT2D eigenvalue weighted by molar-refractivity contribution is 7.78. The van der Waals surface area contributed by atoms with Gasteiger partial charge in [-0.15, -0.1) is 0 Å². The largest absolute Gasteiger partial charge is 0.317 e. The lowest BCUT2D eigenvalue weighted by Crippen LogP contribution is -2.27. The first-order chi connectivity index (χ1) is 5.43. The van der Waals surface area contributed by atoms with Crippen LogP contribution in [0.3, 0.4) is 0 Å². The number of hydrogen-bond donors (Lipinski definition) is 3. The summed E-state index contributed by atoms with van der Waals surface area (Å²) in [7, 11) is 0. The zero-order valence-electron chi connectivity index (χ0n) is 6.97. The summed E-state index contributed by atoms with van der Waals surface area (Å²) in [6.45, 7) is 3.49. The van der Waals surface area contributed by atoms with E-state index in [1.165, 1.54) is 38.8 Å². The van der Waals surface area contributed by atoms with Crippen molar-refractivity contribution in [2.45, 2.75) is 25.7 Å². The predicted molar refractivity (Wildman–Crippen MR) is 51.8 cm³/mol. The molecule has 2 nitrogen and oxygen atoms in total. The second-order valence-corrected chi connectivity index (χ2v) is 3.56. The molecule has 66 valence electrons. The van der Waals surface area contributed by atoms with Gasteiger partial charge in [-0.1, -0.05) is 12.8 Å². The Balaban J connectivity index is 1.96. The van der Waals surface area contributed by atoms with Crippen LogP contribution in [0.4, 0.5) is 0 Å². The molecular weight excluding hydrogens is 156 g/mol. The van der Waals surface area contributed by atoms with Crippen molar-refractivity contribution in [1.29, 1.82) is 0 Å². The first kappa shape index (κ1) is 9.36. The minimum atomic E-state index is 0.970. The predicted octanol–water partition coefficient (Wildman–Crippen LogP) is 1.20. The topological polar surface area (TPSA) is 24.1 Å². The molecule has 2 N–H and O–H groups in total. The van der Waals surface area contributed by atoms with Crippen molar-refractivity contribution in [3.05, 3.63) is 0 Å². The van der Waals surface area contributed by atoms with Gasteiger partial charge in [0.1, 0.15) is 0 Å². The molecular formula is C8H18N2S. The van der Waals surface area contributed by atoms with Crippen molar-refractivity contribution in [3.8, 4) is 0 Å². The fourth-order valence-electron chi connectivity index (χ4n) is 1.64. The molecule has 0 aromatic rings. The molecule has 1 aliphatic heterocycles. The zero-order chi connectivity index (χ0) is 7.94. The molecule has 11 heavy (non-hydrogen) atoms. The lowest BCUT2D eigenvalue weighted by Gasteiger charge is -2.22. The molecule has 0 aromatic carbocycles. The highest BCUT2D eigenvalue weighted by Crippen LogP contribution is 2.16. The molecule has 0 spiro atoms. The van der Waals surface area contributed by atoms with E-state index < -0.39 is 0 Å². The normalized spacial score (nSPS) is 20.5. The van der Waals surface area contributed by atoms with Gasteiger partial charge in [0.05, 0.1) is 0 Å². The van der Waals surface area contributed by atoms with Gasteiger partial charge in [-0.3, -0.25) is 4.72 Å². The number of nitrogens with one attached hydrogen (secondary N) is 2. The van der Waals surface area contributed by atoms with Crippen molar-refractivity contribution in [3.63, 3.8) is 0 Å². The third kappa shape index (κ3) is 3.99. The molecule has 0 atom stereocenters. The van der Waals surface area contributed by atoms with Gasteiger partial charge in [0.25, 0.3) is 0 Å². The maximum atomic E-state index is 3.96. The van der Waals surface area contributed by atoms with Crippen LogP contribution >= 0.6 is 12.8 Å². The van der Waals surface area contributed by atoms with Crippen LogP contribution in [0.25, 0.3) is 0 Å². The molecule has 0 radical (unpaired) electrons. The second kappa shape index (κ2) is 5.86. The van der Waals surface area contributed by atoms with E-state index in [9.17, 15) is 0 Å². The Kier molecular flexibility index (Phi) is 4.99. The molecule has 3 heteroatoms. The van der Waals surface area contributed by atoms with E-state index >= 15 is 0 Å². The third-order valence-electron chi connectivity index (χ3n) is 2.36. The van der Waals surface area contributed by atoms with E-state index in [0.717, 1.165) is 12.5 Å². The van der Waals surface area contributed by atoms with Crippen molar-refractivity contribution in [2.75, 3.05) is 19.6 Å². The van der Waals surface area contributed by atoms with E-state index in [1.54, 1.807) is 0 Å². The summed E-state index contributed by atoms with van der Waals surface area (Å²) in [5.74, 6) is 0.970. The highest BCUT2D eigenvalue weighted by atomic mass is 32.1. The molecule has 0 saturated carbocycles. The molecule has 0 unspecified atom stereocenters. The maximum absolute atomic E-state index is 3.96. The SMILES string of the molecule is SNCCCC1CCNCC1. The van der Waals surface area contributed by atoms with E-state index in [4.69, 9.17) is 0 Å². The van der Waals surface area contributed by atoms with Gasteiger partial charge in [0.2, 0.25) is 0 Å². The Labute approximate surface area is 74.7 Å². The summed E-state index contributed by atoms with van der Waals surface area (Å²) in [6.07, 6.45) is 5.38. The summed E-state index contributed by atoms with van der Waals surface area (Å²) in [4.78, 5) is 0. The molecule has 1 saturated heterocycles. The minimum Gasteiger partial charge on any atom is -0.317 e. The van der Waals surface area contributed by atoms with Crippen LogP contribution in [0, 0.1) is 5.92 Å². The van der Waals surface area contributed by atoms with Gasteiger partial charge >= 0.3 is 0 Å². The Bertz CT molecular complexity index is 92.1. The van der Waals surface area contributed by atoms with E-state index in [0.29, 0.717) is 0 Å². The van der Waals surface area contributed by atoms with Gasteiger partial charge in [-0.2, -0.15) is 0 Å². The van der Waals surface area contributed by atoms with Crippen LogP contribution in [0.15, 0.2) is 0 Å². The van der Waals surface area contributed by atoms with Crippen molar-refractivity contribution in [1.82, 2.24) is 10.0 Å². The zero-order valence-corrected chi connectivity index (χ0v) is 7.87. The molecule has 0 aromatic heterocycles. The second-order valence-electron chi connectivity index (χ2n) is 3.24. The summed E-state index contributed by atoms with van der Waals surface area (Å²) in [5.41, 5.74) is 0. The molecule has 1 heterocycles. The first-order valence-corrected chi connectivity index (χ1v) is 4.96. The number of piperidine rings is 1. The molecule has 0 amide bonds. The van der Waals surface area contributed by atoms with Crippen molar-refractivity contribution in [2.24, 2.45) is 5.92 Å². The summed E-state index contributed by atoms with van der Waals surface area (Å²) in [6, 6.07) is 0. The molecule has 0 bridgehead atoms. The smallest absolute Gasteiger partial charge is 0.00562 e. The Hall–Kier alpha value is 0.270. The molecule has 1 rings (SSSR count). The fraction of sp³-hybridized carbons (Fsp3) is 1.00. The van der Waals surface area contributed by atoms with Crippen LogP contribution in [0.1, 0.15) is 25.7 Å². The van der Waals surface area contributed by atoms with Crippen LogP contribution in [-0.4, -0.2) is 19.6 Å². The monoisotopic (exact) mass is 174 g/mol. The summed E-state index contributed by atoms with van der Waals surface area (Å²) >= 11 is 3.96. The van der Waals surface area contributed by atoms with E-state index in [-0.39, 0.29) is 0 Å². The average Bonchev–Trinajstić information content (AvgIpc) is 2.07. The van der Waals surface area contributed by atoms with Crippen molar-refractivity contribution < 1.29 is 0 Å². The van der Waals surface area contributed by atoms with Crippen LogP contribution in [0.5, 0.6) is 0 Å². The van der Waals surface area contributed by atoms with Gasteiger partial charge in [0, 0.05) is 6.54 Å². The van der Waals surface area contributed by atoms with Crippen LogP contribution < -0.4 is 10.0 Å². The van der Waals surface area contributed by atoms with E-state index in [2.05, 4.69) is 22.9 Å². The number of rotatable bonds is 4. The summed E-state index contributed by atoms with van der Waals surface area (Å²) in [5, 5.41) is 3.37. The van der Waals surface area contributed by atoms with Crippen LogP contribution in [-0.2, 0) is 0 Å². The van der Waals surface area contributed by atoms with Gasteiger partial charge in [0.15, 0.2) is 0 Å². The molecule has 1 aliphatic rings. The molecule has 1 fully saturated rings. The molecule has 0 aliphatic carbocycles. The lowest BCUT2D eigenvalue weighted by molar-refractivity contribution is 0.348. The van der Waals surface area contributed by atoms with E-state index in [1.807, 2.05) is 0 Å². The quantitative estimate of drug-likeness (QED) is 0.441. The average molecular weight is 174 g/mol. The highest BCUT2D eigenvalue weighted by Gasteiger charge is 2.11. The maximum Gasteiger partial charge on any atom is 0.00562 e. The van der Waals surface area contributed by atoms with Gasteiger partial charge in [-0.05, 0) is 44.7 Å². The van der Waals surface area contributed by atoms with Gasteiger partial charge in [-0.25, -0.2) is 0 Å². The Morgan fingerprint density at radius 3 is 2.73 bits per heavy atom. The van der Waals surface area contributed by atoms with Crippen LogP contribution in [0.2, 0.25) is 0 Å².